The average Bonchev–Trinajstić information content (AvgIpc) is 3.09. The predicted molar refractivity (Wildman–Crippen MR) is 122 cm³/mol. The summed E-state index contributed by atoms with van der Waals surface area (Å²) in [5.74, 6) is 0. The summed E-state index contributed by atoms with van der Waals surface area (Å²) >= 11 is 3.51. The second kappa shape index (κ2) is 9.15. The Balaban J connectivity index is 1.76. The van der Waals surface area contributed by atoms with Gasteiger partial charge in [0.25, 0.3) is 0 Å². The Morgan fingerprint density at radius 3 is 2.23 bits per heavy atom. The molecule has 4 rings (SSSR count). The van der Waals surface area contributed by atoms with E-state index in [1.807, 2.05) is 96.5 Å². The number of hydrogen-bond acceptors (Lipinski definition) is 4. The van der Waals surface area contributed by atoms with Crippen LogP contribution in [0.4, 0.5) is 11.4 Å². The lowest BCUT2D eigenvalue weighted by Gasteiger charge is -2.14. The highest BCUT2D eigenvalue weighted by atomic mass is 79.9. The molecule has 5 nitrogen and oxygen atoms in total. The third kappa shape index (κ3) is 4.40. The standard InChI is InChI=1S/C24H21BrN4O/c1-17-23(27-26-21-15-9-8-14-20(21)25)24(19-12-6-3-7-13-19)29(28-17)16-22(30)18-10-4-2-5-11-18/h2-15,22,30H,16H2,1H3. The normalized spacial score (nSPS) is 12.4. The fourth-order valence-corrected chi connectivity index (χ4v) is 3.65. The lowest BCUT2D eigenvalue weighted by molar-refractivity contribution is 0.152. The minimum absolute atomic E-state index is 0.319. The van der Waals surface area contributed by atoms with E-state index in [0.717, 1.165) is 32.7 Å². The summed E-state index contributed by atoms with van der Waals surface area (Å²) in [6.45, 7) is 2.23. The monoisotopic (exact) mass is 460 g/mol. The van der Waals surface area contributed by atoms with E-state index in [4.69, 9.17) is 0 Å². The van der Waals surface area contributed by atoms with Crippen molar-refractivity contribution >= 4 is 27.3 Å². The molecule has 0 saturated heterocycles. The molecule has 1 N–H and O–H groups in total. The minimum Gasteiger partial charge on any atom is -0.386 e. The van der Waals surface area contributed by atoms with Gasteiger partial charge in [-0.2, -0.15) is 5.10 Å². The van der Waals surface area contributed by atoms with E-state index in [1.165, 1.54) is 0 Å². The van der Waals surface area contributed by atoms with Gasteiger partial charge in [-0.3, -0.25) is 4.68 Å². The van der Waals surface area contributed by atoms with Crippen molar-refractivity contribution in [2.45, 2.75) is 19.6 Å². The summed E-state index contributed by atoms with van der Waals surface area (Å²) in [5.41, 5.74) is 4.84. The van der Waals surface area contributed by atoms with Gasteiger partial charge in [-0.15, -0.1) is 10.2 Å². The van der Waals surface area contributed by atoms with Crippen LogP contribution in [0.15, 0.2) is 99.6 Å². The molecule has 1 aromatic heterocycles. The first-order valence-electron chi connectivity index (χ1n) is 9.65. The molecule has 30 heavy (non-hydrogen) atoms. The van der Waals surface area contributed by atoms with E-state index in [-0.39, 0.29) is 0 Å². The van der Waals surface area contributed by atoms with E-state index in [9.17, 15) is 5.11 Å². The Bertz CT molecular complexity index is 1160. The van der Waals surface area contributed by atoms with Gasteiger partial charge in [0.15, 0.2) is 0 Å². The van der Waals surface area contributed by atoms with Crippen LogP contribution in [0, 0.1) is 6.92 Å². The summed E-state index contributed by atoms with van der Waals surface area (Å²) in [5, 5.41) is 24.4. The number of azo groups is 1. The first kappa shape index (κ1) is 20.2. The fourth-order valence-electron chi connectivity index (χ4n) is 3.29. The van der Waals surface area contributed by atoms with Gasteiger partial charge in [-0.1, -0.05) is 72.8 Å². The number of aromatic nitrogens is 2. The van der Waals surface area contributed by atoms with Crippen LogP contribution >= 0.6 is 15.9 Å². The Hall–Kier alpha value is -3.09. The Morgan fingerprint density at radius 1 is 0.900 bits per heavy atom. The van der Waals surface area contributed by atoms with Crippen LogP contribution in [-0.2, 0) is 6.54 Å². The topological polar surface area (TPSA) is 62.8 Å². The van der Waals surface area contributed by atoms with Crippen LogP contribution in [0.5, 0.6) is 0 Å². The Morgan fingerprint density at radius 2 is 1.53 bits per heavy atom. The number of benzene rings is 3. The molecule has 1 heterocycles. The average molecular weight is 461 g/mol. The zero-order valence-corrected chi connectivity index (χ0v) is 18.1. The van der Waals surface area contributed by atoms with Crippen molar-refractivity contribution in [2.24, 2.45) is 10.2 Å². The van der Waals surface area contributed by atoms with Crippen LogP contribution in [0.25, 0.3) is 11.3 Å². The zero-order chi connectivity index (χ0) is 20.9. The highest BCUT2D eigenvalue weighted by molar-refractivity contribution is 9.10. The van der Waals surface area contributed by atoms with E-state index in [0.29, 0.717) is 12.2 Å². The molecule has 0 bridgehead atoms. The maximum atomic E-state index is 10.8. The maximum absolute atomic E-state index is 10.8. The summed E-state index contributed by atoms with van der Waals surface area (Å²) in [6, 6.07) is 27.2. The molecule has 0 saturated carbocycles. The molecule has 1 unspecified atom stereocenters. The molecule has 0 aliphatic heterocycles. The number of hydrogen-bond donors (Lipinski definition) is 1. The van der Waals surface area contributed by atoms with E-state index < -0.39 is 6.10 Å². The molecule has 0 aliphatic rings. The molecule has 0 radical (unpaired) electrons. The van der Waals surface area contributed by atoms with Crippen LogP contribution in [0.2, 0.25) is 0 Å². The fraction of sp³-hybridized carbons (Fsp3) is 0.125. The molecule has 3 aromatic carbocycles. The molecule has 150 valence electrons. The van der Waals surface area contributed by atoms with Crippen LogP contribution < -0.4 is 0 Å². The van der Waals surface area contributed by atoms with Crippen molar-refractivity contribution < 1.29 is 5.11 Å². The number of aryl methyl sites for hydroxylation is 1. The van der Waals surface area contributed by atoms with Gasteiger partial charge < -0.3 is 5.11 Å². The molecule has 0 fully saturated rings. The van der Waals surface area contributed by atoms with Crippen molar-refractivity contribution in [3.05, 3.63) is 101 Å². The summed E-state index contributed by atoms with van der Waals surface area (Å²) in [4.78, 5) is 0. The highest BCUT2D eigenvalue weighted by Gasteiger charge is 2.20. The number of halogens is 1. The van der Waals surface area contributed by atoms with Crippen molar-refractivity contribution in [2.75, 3.05) is 0 Å². The third-order valence-electron chi connectivity index (χ3n) is 4.78. The predicted octanol–water partition coefficient (Wildman–Crippen LogP) is 6.77. The van der Waals surface area contributed by atoms with E-state index in [1.54, 1.807) is 0 Å². The number of rotatable bonds is 6. The minimum atomic E-state index is -0.680. The van der Waals surface area contributed by atoms with Crippen molar-refractivity contribution in [3.63, 3.8) is 0 Å². The lowest BCUT2D eigenvalue weighted by Crippen LogP contribution is -2.11. The molecular weight excluding hydrogens is 440 g/mol. The van der Waals surface area contributed by atoms with E-state index >= 15 is 0 Å². The summed E-state index contributed by atoms with van der Waals surface area (Å²) < 4.78 is 2.69. The molecule has 1 atom stereocenters. The number of nitrogens with zero attached hydrogens (tertiary/aromatic N) is 4. The first-order chi connectivity index (χ1) is 14.6. The third-order valence-corrected chi connectivity index (χ3v) is 5.45. The lowest BCUT2D eigenvalue weighted by atomic mass is 10.1. The van der Waals surface area contributed by atoms with Gasteiger partial charge in [-0.05, 0) is 40.5 Å². The molecule has 0 aliphatic carbocycles. The highest BCUT2D eigenvalue weighted by Crippen LogP contribution is 2.36. The van der Waals surface area contributed by atoms with Crippen LogP contribution in [0.1, 0.15) is 17.4 Å². The van der Waals surface area contributed by atoms with E-state index in [2.05, 4.69) is 31.3 Å². The molecular formula is C24H21BrN4O. The number of aliphatic hydroxyl groups excluding tert-OH is 1. The largest absolute Gasteiger partial charge is 0.386 e. The van der Waals surface area contributed by atoms with Crippen molar-refractivity contribution in [1.82, 2.24) is 9.78 Å². The first-order valence-corrected chi connectivity index (χ1v) is 10.4. The van der Waals surface area contributed by atoms with Crippen LogP contribution in [-0.4, -0.2) is 14.9 Å². The van der Waals surface area contributed by atoms with Gasteiger partial charge in [0.2, 0.25) is 0 Å². The molecule has 6 heteroatoms. The smallest absolute Gasteiger partial charge is 0.134 e. The summed E-state index contributed by atoms with van der Waals surface area (Å²) in [7, 11) is 0. The Labute approximate surface area is 183 Å². The second-order valence-corrected chi connectivity index (χ2v) is 7.76. The van der Waals surface area contributed by atoms with Crippen molar-refractivity contribution in [3.8, 4) is 11.3 Å². The van der Waals surface area contributed by atoms with Crippen molar-refractivity contribution in [1.29, 1.82) is 0 Å². The van der Waals surface area contributed by atoms with Gasteiger partial charge in [-0.25, -0.2) is 0 Å². The van der Waals surface area contributed by atoms with Gasteiger partial charge in [0.05, 0.1) is 29.7 Å². The quantitative estimate of drug-likeness (QED) is 0.322. The Kier molecular flexibility index (Phi) is 6.16. The van der Waals surface area contributed by atoms with Gasteiger partial charge in [0.1, 0.15) is 5.69 Å². The number of aliphatic hydroxyl groups is 1. The molecule has 4 aromatic rings. The summed E-state index contributed by atoms with van der Waals surface area (Å²) in [6.07, 6.45) is -0.680. The SMILES string of the molecule is Cc1nn(CC(O)c2ccccc2)c(-c2ccccc2)c1N=Nc1ccccc1Br. The molecule has 0 amide bonds. The van der Waals surface area contributed by atoms with Gasteiger partial charge >= 0.3 is 0 Å². The molecule has 0 spiro atoms. The van der Waals surface area contributed by atoms with Gasteiger partial charge in [0, 0.05) is 10.0 Å². The second-order valence-electron chi connectivity index (χ2n) is 6.91. The maximum Gasteiger partial charge on any atom is 0.134 e. The zero-order valence-electron chi connectivity index (χ0n) is 16.5. The van der Waals surface area contributed by atoms with Crippen LogP contribution in [0.3, 0.4) is 0 Å².